The number of fused-ring (bicyclic) bond motifs is 1. The number of carbonyl (C=O) groups is 2. The van der Waals surface area contributed by atoms with Gasteiger partial charge >= 0.3 is 0 Å². The summed E-state index contributed by atoms with van der Waals surface area (Å²) < 4.78 is 7.24. The van der Waals surface area contributed by atoms with Gasteiger partial charge in [-0.1, -0.05) is 6.42 Å². The normalized spacial score (nSPS) is 20.7. The maximum Gasteiger partial charge on any atom is 0.278 e. The standard InChI is InChI=1S/C21H31N7O3/c1-3-27-19-15(13-24-27)18(25-14-7-10-31-11-8-14)16(12-23-19)20(29)28(22)21(30)17-6-4-5-9-26(17)2/h12-14,17H,3-11,22H2,1-2H3,(H,23,25). The number of nitrogens with one attached hydrogen (secondary N) is 1. The molecule has 0 spiro atoms. The molecule has 10 heteroatoms. The Balaban J connectivity index is 1.67. The molecule has 2 aromatic rings. The Morgan fingerprint density at radius 3 is 2.74 bits per heavy atom. The predicted octanol–water partition coefficient (Wildman–Crippen LogP) is 1.37. The molecular weight excluding hydrogens is 398 g/mol. The van der Waals surface area contributed by atoms with Crippen LogP contribution >= 0.6 is 0 Å². The number of likely N-dealkylation sites (tertiary alicyclic amines) is 1. The van der Waals surface area contributed by atoms with E-state index in [-0.39, 0.29) is 23.6 Å². The fourth-order valence-electron chi connectivity index (χ4n) is 4.40. The van der Waals surface area contributed by atoms with E-state index in [9.17, 15) is 9.59 Å². The van der Waals surface area contributed by atoms with Crippen LogP contribution in [-0.4, -0.2) is 75.4 Å². The minimum atomic E-state index is -0.558. The molecule has 2 fully saturated rings. The van der Waals surface area contributed by atoms with Crippen molar-refractivity contribution in [2.45, 2.75) is 57.7 Å². The third-order valence-corrected chi connectivity index (χ3v) is 6.28. The molecule has 1 atom stereocenters. The van der Waals surface area contributed by atoms with Gasteiger partial charge in [-0.2, -0.15) is 5.10 Å². The lowest BCUT2D eigenvalue weighted by Crippen LogP contribution is -2.54. The predicted molar refractivity (Wildman–Crippen MR) is 116 cm³/mol. The molecule has 4 rings (SSSR count). The van der Waals surface area contributed by atoms with Crippen LogP contribution < -0.4 is 11.2 Å². The molecule has 0 aliphatic carbocycles. The molecule has 0 bridgehead atoms. The molecule has 3 N–H and O–H groups in total. The number of aromatic nitrogens is 3. The number of hydrogen-bond acceptors (Lipinski definition) is 8. The Hall–Kier alpha value is -2.56. The molecular formula is C21H31N7O3. The van der Waals surface area contributed by atoms with Crippen LogP contribution in [0.2, 0.25) is 0 Å². The van der Waals surface area contributed by atoms with E-state index in [1.165, 1.54) is 6.20 Å². The molecule has 0 radical (unpaired) electrons. The molecule has 2 amide bonds. The molecule has 2 saturated heterocycles. The number of hydrogen-bond donors (Lipinski definition) is 2. The highest BCUT2D eigenvalue weighted by molar-refractivity contribution is 6.11. The monoisotopic (exact) mass is 429 g/mol. The highest BCUT2D eigenvalue weighted by Crippen LogP contribution is 2.29. The van der Waals surface area contributed by atoms with Crippen molar-refractivity contribution in [3.8, 4) is 0 Å². The van der Waals surface area contributed by atoms with Crippen LogP contribution in [0.4, 0.5) is 5.69 Å². The van der Waals surface area contributed by atoms with Gasteiger partial charge in [-0.25, -0.2) is 20.5 Å². The summed E-state index contributed by atoms with van der Waals surface area (Å²) in [5.74, 6) is 5.14. The van der Waals surface area contributed by atoms with Gasteiger partial charge in [0.05, 0.1) is 28.9 Å². The van der Waals surface area contributed by atoms with Crippen molar-refractivity contribution >= 4 is 28.5 Å². The van der Waals surface area contributed by atoms with Crippen LogP contribution in [0, 0.1) is 0 Å². The first kappa shape index (κ1) is 21.7. The first-order chi connectivity index (χ1) is 15.0. The number of likely N-dealkylation sites (N-methyl/N-ethyl adjacent to an activating group) is 1. The summed E-state index contributed by atoms with van der Waals surface area (Å²) in [5.41, 5.74) is 1.60. The highest BCUT2D eigenvalue weighted by Gasteiger charge is 2.33. The topological polar surface area (TPSA) is 119 Å². The lowest BCUT2D eigenvalue weighted by atomic mass is 10.0. The van der Waals surface area contributed by atoms with Gasteiger partial charge in [-0.05, 0) is 46.2 Å². The number of aryl methyl sites for hydroxylation is 1. The maximum atomic E-state index is 13.3. The summed E-state index contributed by atoms with van der Waals surface area (Å²) in [6, 6.07) is -0.226. The molecule has 2 aromatic heterocycles. The zero-order valence-corrected chi connectivity index (χ0v) is 18.2. The zero-order valence-electron chi connectivity index (χ0n) is 18.2. The summed E-state index contributed by atoms with van der Waals surface area (Å²) in [6.07, 6.45) is 7.56. The molecule has 10 nitrogen and oxygen atoms in total. The van der Waals surface area contributed by atoms with E-state index in [4.69, 9.17) is 10.6 Å². The fraction of sp³-hybridized carbons (Fsp3) is 0.619. The number of nitrogens with zero attached hydrogens (tertiary/aromatic N) is 5. The van der Waals surface area contributed by atoms with Crippen LogP contribution in [-0.2, 0) is 16.1 Å². The van der Waals surface area contributed by atoms with E-state index in [2.05, 4.69) is 15.4 Å². The number of ether oxygens (including phenoxy) is 1. The van der Waals surface area contributed by atoms with E-state index < -0.39 is 5.91 Å². The van der Waals surface area contributed by atoms with E-state index in [1.54, 1.807) is 10.9 Å². The maximum absolute atomic E-state index is 13.3. The van der Waals surface area contributed by atoms with Crippen molar-refractivity contribution in [2.75, 3.05) is 32.1 Å². The quantitative estimate of drug-likeness (QED) is 0.317. The Bertz CT molecular complexity index is 954. The van der Waals surface area contributed by atoms with Crippen molar-refractivity contribution < 1.29 is 14.3 Å². The second kappa shape index (κ2) is 9.29. The first-order valence-electron chi connectivity index (χ1n) is 11.0. The Morgan fingerprint density at radius 2 is 2.03 bits per heavy atom. The van der Waals surface area contributed by atoms with Crippen LogP contribution in [0.5, 0.6) is 0 Å². The molecule has 4 heterocycles. The van der Waals surface area contributed by atoms with Gasteiger partial charge in [0, 0.05) is 32.0 Å². The third-order valence-electron chi connectivity index (χ3n) is 6.28. The third kappa shape index (κ3) is 4.28. The molecule has 2 aliphatic rings. The SMILES string of the molecule is CCn1ncc2c(NC3CCOCC3)c(C(=O)N(N)C(=O)C3CCCCN3C)cnc21. The second-order valence-corrected chi connectivity index (χ2v) is 8.28. The number of carbonyl (C=O) groups excluding carboxylic acids is 2. The molecule has 1 unspecified atom stereocenters. The van der Waals surface area contributed by atoms with Gasteiger partial charge in [0.2, 0.25) is 0 Å². The molecule has 0 saturated carbocycles. The number of piperidine rings is 1. The molecule has 0 aromatic carbocycles. The number of nitrogens with two attached hydrogens (primary N) is 1. The van der Waals surface area contributed by atoms with Gasteiger partial charge in [-0.3, -0.25) is 14.5 Å². The summed E-state index contributed by atoms with van der Waals surface area (Å²) >= 11 is 0. The van der Waals surface area contributed by atoms with Gasteiger partial charge in [0.25, 0.3) is 11.8 Å². The van der Waals surface area contributed by atoms with Crippen molar-refractivity contribution in [1.29, 1.82) is 0 Å². The van der Waals surface area contributed by atoms with Gasteiger partial charge in [-0.15, -0.1) is 0 Å². The summed E-state index contributed by atoms with van der Waals surface area (Å²) in [4.78, 5) is 32.8. The van der Waals surface area contributed by atoms with Crippen LogP contribution in [0.1, 0.15) is 49.4 Å². The number of imide groups is 1. The summed E-state index contributed by atoms with van der Waals surface area (Å²) in [6.45, 7) is 4.80. The number of hydrazine groups is 1. The minimum Gasteiger partial charge on any atom is -0.381 e. The van der Waals surface area contributed by atoms with E-state index in [0.29, 0.717) is 37.5 Å². The lowest BCUT2D eigenvalue weighted by molar-refractivity contribution is -0.135. The average molecular weight is 430 g/mol. The average Bonchev–Trinajstić information content (AvgIpc) is 3.22. The largest absolute Gasteiger partial charge is 0.381 e. The van der Waals surface area contributed by atoms with E-state index >= 15 is 0 Å². The van der Waals surface area contributed by atoms with Crippen molar-refractivity contribution in [1.82, 2.24) is 24.7 Å². The Labute approximate surface area is 181 Å². The van der Waals surface area contributed by atoms with E-state index in [0.717, 1.165) is 42.6 Å². The summed E-state index contributed by atoms with van der Waals surface area (Å²) in [7, 11) is 1.89. The Kier molecular flexibility index (Phi) is 6.49. The lowest BCUT2D eigenvalue weighted by Gasteiger charge is -2.33. The number of anilines is 1. The van der Waals surface area contributed by atoms with E-state index in [1.807, 2.05) is 18.9 Å². The first-order valence-corrected chi connectivity index (χ1v) is 11.0. The molecule has 168 valence electrons. The fourth-order valence-corrected chi connectivity index (χ4v) is 4.40. The smallest absolute Gasteiger partial charge is 0.278 e. The summed E-state index contributed by atoms with van der Waals surface area (Å²) in [5, 5.41) is 9.39. The van der Waals surface area contributed by atoms with Crippen molar-refractivity contribution in [3.05, 3.63) is 18.0 Å². The zero-order chi connectivity index (χ0) is 22.0. The van der Waals surface area contributed by atoms with Crippen LogP contribution in [0.25, 0.3) is 11.0 Å². The van der Waals surface area contributed by atoms with Crippen LogP contribution in [0.15, 0.2) is 12.4 Å². The van der Waals surface area contributed by atoms with Crippen molar-refractivity contribution in [2.24, 2.45) is 5.84 Å². The second-order valence-electron chi connectivity index (χ2n) is 8.28. The van der Waals surface area contributed by atoms with Gasteiger partial charge in [0.15, 0.2) is 5.65 Å². The number of rotatable bonds is 5. The molecule has 2 aliphatic heterocycles. The molecule has 31 heavy (non-hydrogen) atoms. The minimum absolute atomic E-state index is 0.155. The number of amides is 2. The number of pyridine rings is 1. The van der Waals surface area contributed by atoms with Crippen LogP contribution in [0.3, 0.4) is 0 Å². The highest BCUT2D eigenvalue weighted by atomic mass is 16.5. The van der Waals surface area contributed by atoms with Crippen molar-refractivity contribution in [3.63, 3.8) is 0 Å². The Morgan fingerprint density at radius 1 is 1.26 bits per heavy atom. The van der Waals surface area contributed by atoms with Gasteiger partial charge in [0.1, 0.15) is 0 Å². The van der Waals surface area contributed by atoms with Gasteiger partial charge < -0.3 is 10.1 Å².